The molecule has 0 saturated carbocycles. The Labute approximate surface area is 172 Å². The number of non-ortho nitro benzene ring substituents is 2. The van der Waals surface area contributed by atoms with Crippen molar-refractivity contribution in [3.05, 3.63) is 116 Å². The van der Waals surface area contributed by atoms with E-state index in [-0.39, 0.29) is 11.4 Å². The first-order chi connectivity index (χ1) is 14.5. The minimum atomic E-state index is -1.05. The monoisotopic (exact) mass is 405 g/mol. The van der Waals surface area contributed by atoms with Gasteiger partial charge in [0, 0.05) is 37.4 Å². The molecule has 1 saturated heterocycles. The zero-order chi connectivity index (χ0) is 21.1. The van der Waals surface area contributed by atoms with Gasteiger partial charge in [-0.3, -0.25) is 25.1 Å². The van der Waals surface area contributed by atoms with Gasteiger partial charge in [0.25, 0.3) is 11.4 Å². The lowest BCUT2D eigenvalue weighted by Crippen LogP contribution is -2.33. The molecule has 0 bridgehead atoms. The number of hydrogen-bond donors (Lipinski definition) is 0. The molecule has 1 aliphatic rings. The van der Waals surface area contributed by atoms with Crippen LogP contribution in [-0.2, 0) is 16.9 Å². The van der Waals surface area contributed by atoms with Crippen molar-refractivity contribution in [2.45, 2.75) is 12.1 Å². The summed E-state index contributed by atoms with van der Waals surface area (Å²) >= 11 is 0. The maximum absolute atomic E-state index is 11.3. The predicted octanol–water partition coefficient (Wildman–Crippen LogP) is 4.24. The Morgan fingerprint density at radius 3 is 1.93 bits per heavy atom. The van der Waals surface area contributed by atoms with Gasteiger partial charge in [-0.1, -0.05) is 54.6 Å². The van der Waals surface area contributed by atoms with Crippen molar-refractivity contribution < 1.29 is 14.6 Å². The minimum Gasteiger partial charge on any atom is -0.349 e. The topological polar surface area (TPSA) is 98.8 Å². The molecule has 3 aromatic carbocycles. The molecule has 4 rings (SSSR count). The molecular weight excluding hydrogens is 386 g/mol. The van der Waals surface area contributed by atoms with Crippen molar-refractivity contribution in [1.82, 2.24) is 4.90 Å². The SMILES string of the molecule is O=[N+]([O-])c1cccc(C2(c3cccc([N+](=O)[O-])c3)CN(Cc3ccccc3)CO2)c1. The predicted molar refractivity (Wildman–Crippen MR) is 110 cm³/mol. The summed E-state index contributed by atoms with van der Waals surface area (Å²) in [6, 6.07) is 22.4. The zero-order valence-electron chi connectivity index (χ0n) is 16.0. The number of benzene rings is 3. The van der Waals surface area contributed by atoms with Gasteiger partial charge in [0.05, 0.1) is 9.85 Å². The lowest BCUT2D eigenvalue weighted by atomic mass is 9.85. The van der Waals surface area contributed by atoms with E-state index >= 15 is 0 Å². The molecule has 3 aromatic rings. The number of nitro groups is 2. The van der Waals surface area contributed by atoms with Gasteiger partial charge in [0.15, 0.2) is 0 Å². The van der Waals surface area contributed by atoms with Gasteiger partial charge in [-0.15, -0.1) is 0 Å². The van der Waals surface area contributed by atoms with Crippen LogP contribution in [0.2, 0.25) is 0 Å². The van der Waals surface area contributed by atoms with Crippen LogP contribution in [0.5, 0.6) is 0 Å². The van der Waals surface area contributed by atoms with E-state index < -0.39 is 15.4 Å². The fourth-order valence-corrected chi connectivity index (χ4v) is 3.81. The summed E-state index contributed by atoms with van der Waals surface area (Å²) in [5.41, 5.74) is 1.13. The quantitative estimate of drug-likeness (QED) is 0.449. The molecule has 0 radical (unpaired) electrons. The van der Waals surface area contributed by atoms with Crippen LogP contribution in [-0.4, -0.2) is 28.0 Å². The van der Waals surface area contributed by atoms with Gasteiger partial charge < -0.3 is 4.74 Å². The minimum absolute atomic E-state index is 0.0533. The molecule has 8 heteroatoms. The standard InChI is InChI=1S/C22H19N3O5/c26-24(27)20-10-4-8-18(12-20)22(19-9-5-11-21(13-19)25(28)29)15-23(16-30-22)14-17-6-2-1-3-7-17/h1-13H,14-16H2. The molecule has 0 spiro atoms. The van der Waals surface area contributed by atoms with E-state index in [2.05, 4.69) is 4.90 Å². The Bertz CT molecular complexity index is 1030. The first kappa shape index (κ1) is 19.7. The maximum Gasteiger partial charge on any atom is 0.269 e. The summed E-state index contributed by atoms with van der Waals surface area (Å²) < 4.78 is 6.25. The van der Waals surface area contributed by atoms with E-state index in [0.717, 1.165) is 5.56 Å². The van der Waals surface area contributed by atoms with Crippen LogP contribution in [0.1, 0.15) is 16.7 Å². The van der Waals surface area contributed by atoms with Crippen molar-refractivity contribution in [2.75, 3.05) is 13.3 Å². The number of nitro benzene ring substituents is 2. The van der Waals surface area contributed by atoms with Crippen LogP contribution in [0, 0.1) is 20.2 Å². The summed E-state index contributed by atoms with van der Waals surface area (Å²) in [4.78, 5) is 23.8. The first-order valence-electron chi connectivity index (χ1n) is 9.38. The van der Waals surface area contributed by atoms with Crippen molar-refractivity contribution in [1.29, 1.82) is 0 Å². The summed E-state index contributed by atoms with van der Waals surface area (Å²) in [7, 11) is 0. The Hall–Kier alpha value is -3.62. The molecule has 0 unspecified atom stereocenters. The highest BCUT2D eigenvalue weighted by Crippen LogP contribution is 2.41. The molecule has 0 amide bonds. The smallest absolute Gasteiger partial charge is 0.269 e. The highest BCUT2D eigenvalue weighted by Gasteiger charge is 2.43. The molecule has 8 nitrogen and oxygen atoms in total. The summed E-state index contributed by atoms with van der Waals surface area (Å²) in [5.74, 6) is 0. The Balaban J connectivity index is 1.76. The van der Waals surface area contributed by atoms with Crippen LogP contribution in [0.3, 0.4) is 0 Å². The molecular formula is C22H19N3O5. The third-order valence-electron chi connectivity index (χ3n) is 5.24. The van der Waals surface area contributed by atoms with E-state index in [4.69, 9.17) is 4.74 Å². The van der Waals surface area contributed by atoms with E-state index in [1.807, 2.05) is 30.3 Å². The van der Waals surface area contributed by atoms with Crippen LogP contribution >= 0.6 is 0 Å². The van der Waals surface area contributed by atoms with Crippen molar-refractivity contribution >= 4 is 11.4 Å². The van der Waals surface area contributed by atoms with Crippen LogP contribution in [0.15, 0.2) is 78.9 Å². The summed E-state index contributed by atoms with van der Waals surface area (Å²) in [5, 5.41) is 22.6. The molecule has 1 aliphatic heterocycles. The van der Waals surface area contributed by atoms with Crippen molar-refractivity contribution in [3.63, 3.8) is 0 Å². The van der Waals surface area contributed by atoms with Crippen LogP contribution in [0.25, 0.3) is 0 Å². The maximum atomic E-state index is 11.3. The second-order valence-electron chi connectivity index (χ2n) is 7.19. The molecule has 0 aliphatic carbocycles. The van der Waals surface area contributed by atoms with Gasteiger partial charge in [-0.05, 0) is 16.7 Å². The second-order valence-corrected chi connectivity index (χ2v) is 7.19. The molecule has 0 atom stereocenters. The van der Waals surface area contributed by atoms with Crippen molar-refractivity contribution in [3.8, 4) is 0 Å². The van der Waals surface area contributed by atoms with Gasteiger partial charge >= 0.3 is 0 Å². The molecule has 1 fully saturated rings. The van der Waals surface area contributed by atoms with Gasteiger partial charge in [0.1, 0.15) is 12.3 Å². The number of hydrogen-bond acceptors (Lipinski definition) is 6. The molecule has 0 N–H and O–H groups in total. The number of nitrogens with zero attached hydrogens (tertiary/aromatic N) is 3. The normalized spacial score (nSPS) is 15.7. The second kappa shape index (κ2) is 8.02. The average molecular weight is 405 g/mol. The van der Waals surface area contributed by atoms with Gasteiger partial charge in [0.2, 0.25) is 0 Å². The van der Waals surface area contributed by atoms with Crippen LogP contribution < -0.4 is 0 Å². The van der Waals surface area contributed by atoms with E-state index in [1.165, 1.54) is 24.3 Å². The Morgan fingerprint density at radius 2 is 1.40 bits per heavy atom. The zero-order valence-corrected chi connectivity index (χ0v) is 16.0. The molecule has 1 heterocycles. The van der Waals surface area contributed by atoms with E-state index in [0.29, 0.717) is 30.9 Å². The van der Waals surface area contributed by atoms with Crippen molar-refractivity contribution in [2.24, 2.45) is 0 Å². The summed E-state index contributed by atoms with van der Waals surface area (Å²) in [6.07, 6.45) is 0. The molecule has 30 heavy (non-hydrogen) atoms. The van der Waals surface area contributed by atoms with E-state index in [9.17, 15) is 20.2 Å². The largest absolute Gasteiger partial charge is 0.349 e. The fourth-order valence-electron chi connectivity index (χ4n) is 3.81. The third kappa shape index (κ3) is 3.78. The highest BCUT2D eigenvalue weighted by atomic mass is 16.6. The average Bonchev–Trinajstić information content (AvgIpc) is 3.19. The molecule has 152 valence electrons. The van der Waals surface area contributed by atoms with Gasteiger partial charge in [-0.25, -0.2) is 0 Å². The number of ether oxygens (including phenoxy) is 1. The lowest BCUT2D eigenvalue weighted by Gasteiger charge is -2.29. The number of rotatable bonds is 6. The summed E-state index contributed by atoms with van der Waals surface area (Å²) in [6.45, 7) is 1.33. The Kier molecular flexibility index (Phi) is 5.26. The van der Waals surface area contributed by atoms with E-state index in [1.54, 1.807) is 24.3 Å². The highest BCUT2D eigenvalue weighted by molar-refractivity contribution is 5.47. The lowest BCUT2D eigenvalue weighted by molar-refractivity contribution is -0.385. The third-order valence-corrected chi connectivity index (χ3v) is 5.24. The first-order valence-corrected chi connectivity index (χ1v) is 9.38. The fraction of sp³-hybridized carbons (Fsp3) is 0.182. The van der Waals surface area contributed by atoms with Gasteiger partial charge in [-0.2, -0.15) is 0 Å². The van der Waals surface area contributed by atoms with Crippen LogP contribution in [0.4, 0.5) is 11.4 Å². The Morgan fingerprint density at radius 1 is 0.833 bits per heavy atom. The molecule has 0 aromatic heterocycles.